The van der Waals surface area contributed by atoms with E-state index in [1.54, 1.807) is 0 Å². The fraction of sp³-hybridized carbons (Fsp3) is 0.615. The SMILES string of the molecule is CC(CNCc1ccc(Br)cn1)N1CCCC1. The molecule has 0 amide bonds. The molecule has 4 heteroatoms. The van der Waals surface area contributed by atoms with E-state index in [2.05, 4.69) is 44.1 Å². The zero-order valence-corrected chi connectivity index (χ0v) is 11.9. The van der Waals surface area contributed by atoms with Crippen molar-refractivity contribution in [3.8, 4) is 0 Å². The third kappa shape index (κ3) is 4.05. The normalized spacial score (nSPS) is 18.5. The van der Waals surface area contributed by atoms with Crippen LogP contribution >= 0.6 is 15.9 Å². The van der Waals surface area contributed by atoms with Gasteiger partial charge in [-0.15, -0.1) is 0 Å². The summed E-state index contributed by atoms with van der Waals surface area (Å²) in [5.41, 5.74) is 1.10. The zero-order valence-electron chi connectivity index (χ0n) is 10.3. The molecule has 2 rings (SSSR count). The average molecular weight is 298 g/mol. The minimum absolute atomic E-state index is 0.632. The predicted molar refractivity (Wildman–Crippen MR) is 73.9 cm³/mol. The van der Waals surface area contributed by atoms with Crippen LogP contribution < -0.4 is 5.32 Å². The van der Waals surface area contributed by atoms with Gasteiger partial charge >= 0.3 is 0 Å². The molecular weight excluding hydrogens is 278 g/mol. The van der Waals surface area contributed by atoms with Gasteiger partial charge in [-0.05, 0) is 60.9 Å². The molecule has 1 atom stereocenters. The molecule has 1 aliphatic heterocycles. The van der Waals surface area contributed by atoms with Crippen LogP contribution in [-0.4, -0.2) is 35.6 Å². The summed E-state index contributed by atoms with van der Waals surface area (Å²) in [6, 6.07) is 4.72. The Kier molecular flexibility index (Phi) is 4.95. The number of pyridine rings is 1. The molecule has 0 bridgehead atoms. The van der Waals surface area contributed by atoms with Gasteiger partial charge in [-0.2, -0.15) is 0 Å². The molecule has 1 unspecified atom stereocenters. The third-order valence-corrected chi connectivity index (χ3v) is 3.77. The van der Waals surface area contributed by atoms with E-state index < -0.39 is 0 Å². The van der Waals surface area contributed by atoms with Crippen LogP contribution in [-0.2, 0) is 6.54 Å². The quantitative estimate of drug-likeness (QED) is 0.905. The van der Waals surface area contributed by atoms with Gasteiger partial charge in [0.15, 0.2) is 0 Å². The van der Waals surface area contributed by atoms with Crippen molar-refractivity contribution in [3.05, 3.63) is 28.5 Å². The Labute approximate surface area is 112 Å². The van der Waals surface area contributed by atoms with E-state index in [-0.39, 0.29) is 0 Å². The van der Waals surface area contributed by atoms with Gasteiger partial charge in [0.2, 0.25) is 0 Å². The summed E-state index contributed by atoms with van der Waals surface area (Å²) < 4.78 is 1.03. The van der Waals surface area contributed by atoms with Gasteiger partial charge in [-0.25, -0.2) is 0 Å². The van der Waals surface area contributed by atoms with Crippen molar-refractivity contribution in [2.24, 2.45) is 0 Å². The smallest absolute Gasteiger partial charge is 0.0542 e. The first-order valence-electron chi connectivity index (χ1n) is 6.31. The summed E-state index contributed by atoms with van der Waals surface area (Å²) in [5.74, 6) is 0. The number of hydrogen-bond acceptors (Lipinski definition) is 3. The maximum atomic E-state index is 4.35. The van der Waals surface area contributed by atoms with Crippen LogP contribution in [0.1, 0.15) is 25.5 Å². The van der Waals surface area contributed by atoms with Crippen molar-refractivity contribution < 1.29 is 0 Å². The largest absolute Gasteiger partial charge is 0.310 e. The van der Waals surface area contributed by atoms with E-state index in [0.717, 1.165) is 23.3 Å². The van der Waals surface area contributed by atoms with Crippen molar-refractivity contribution in [3.63, 3.8) is 0 Å². The van der Waals surface area contributed by atoms with E-state index in [9.17, 15) is 0 Å². The molecular formula is C13H20BrN3. The standard InChI is InChI=1S/C13H20BrN3/c1-11(17-6-2-3-7-17)8-15-10-13-5-4-12(14)9-16-13/h4-5,9,11,15H,2-3,6-8,10H2,1H3. The maximum Gasteiger partial charge on any atom is 0.0542 e. The topological polar surface area (TPSA) is 28.2 Å². The van der Waals surface area contributed by atoms with E-state index in [0.29, 0.717) is 6.04 Å². The Bertz CT molecular complexity index is 333. The van der Waals surface area contributed by atoms with Gasteiger partial charge in [0.1, 0.15) is 0 Å². The average Bonchev–Trinajstić information content (AvgIpc) is 2.85. The van der Waals surface area contributed by atoms with E-state index in [1.165, 1.54) is 25.9 Å². The molecule has 0 aliphatic carbocycles. The Hall–Kier alpha value is -0.450. The van der Waals surface area contributed by atoms with Crippen molar-refractivity contribution in [2.75, 3.05) is 19.6 Å². The Balaban J connectivity index is 1.70. The summed E-state index contributed by atoms with van der Waals surface area (Å²) in [5, 5.41) is 3.48. The van der Waals surface area contributed by atoms with E-state index in [1.807, 2.05) is 12.3 Å². The lowest BCUT2D eigenvalue weighted by Gasteiger charge is -2.23. The lowest BCUT2D eigenvalue weighted by atomic mass is 10.3. The van der Waals surface area contributed by atoms with Crippen LogP contribution in [0.25, 0.3) is 0 Å². The lowest BCUT2D eigenvalue weighted by Crippen LogP contribution is -2.38. The fourth-order valence-corrected chi connectivity index (χ4v) is 2.47. The molecule has 1 saturated heterocycles. The molecule has 0 radical (unpaired) electrons. The van der Waals surface area contributed by atoms with E-state index in [4.69, 9.17) is 0 Å². The Morgan fingerprint density at radius 1 is 1.41 bits per heavy atom. The summed E-state index contributed by atoms with van der Waals surface area (Å²) in [4.78, 5) is 6.91. The first kappa shape index (κ1) is 13.0. The minimum atomic E-state index is 0.632. The molecule has 0 saturated carbocycles. The summed E-state index contributed by atoms with van der Waals surface area (Å²) >= 11 is 3.39. The number of rotatable bonds is 5. The fourth-order valence-electron chi connectivity index (χ4n) is 2.23. The number of nitrogens with zero attached hydrogens (tertiary/aromatic N) is 2. The van der Waals surface area contributed by atoms with Crippen LogP contribution in [0.15, 0.2) is 22.8 Å². The van der Waals surface area contributed by atoms with Crippen molar-refractivity contribution in [2.45, 2.75) is 32.4 Å². The molecule has 1 fully saturated rings. The van der Waals surface area contributed by atoms with Gasteiger partial charge in [0.05, 0.1) is 5.69 Å². The number of likely N-dealkylation sites (tertiary alicyclic amines) is 1. The number of aromatic nitrogens is 1. The lowest BCUT2D eigenvalue weighted by molar-refractivity contribution is 0.251. The van der Waals surface area contributed by atoms with Gasteiger partial charge in [-0.1, -0.05) is 0 Å². The highest BCUT2D eigenvalue weighted by atomic mass is 79.9. The van der Waals surface area contributed by atoms with Gasteiger partial charge in [0, 0.05) is 29.8 Å². The zero-order chi connectivity index (χ0) is 12.1. The van der Waals surface area contributed by atoms with Crippen LogP contribution in [0.3, 0.4) is 0 Å². The summed E-state index contributed by atoms with van der Waals surface area (Å²) in [6.45, 7) is 6.72. The molecule has 2 heterocycles. The van der Waals surface area contributed by atoms with Gasteiger partial charge < -0.3 is 5.32 Å². The summed E-state index contributed by atoms with van der Waals surface area (Å²) in [6.07, 6.45) is 4.57. The molecule has 17 heavy (non-hydrogen) atoms. The number of nitrogens with one attached hydrogen (secondary N) is 1. The van der Waals surface area contributed by atoms with Crippen molar-refractivity contribution >= 4 is 15.9 Å². The highest BCUT2D eigenvalue weighted by Gasteiger charge is 2.17. The minimum Gasteiger partial charge on any atom is -0.310 e. The van der Waals surface area contributed by atoms with Gasteiger partial charge in [-0.3, -0.25) is 9.88 Å². The maximum absolute atomic E-state index is 4.35. The van der Waals surface area contributed by atoms with Crippen LogP contribution in [0, 0.1) is 0 Å². The van der Waals surface area contributed by atoms with Crippen molar-refractivity contribution in [1.82, 2.24) is 15.2 Å². The predicted octanol–water partition coefficient (Wildman–Crippen LogP) is 2.42. The molecule has 0 spiro atoms. The van der Waals surface area contributed by atoms with Crippen LogP contribution in [0.4, 0.5) is 0 Å². The Morgan fingerprint density at radius 3 is 2.82 bits per heavy atom. The second-order valence-corrected chi connectivity index (χ2v) is 5.61. The highest BCUT2D eigenvalue weighted by molar-refractivity contribution is 9.10. The monoisotopic (exact) mass is 297 g/mol. The molecule has 94 valence electrons. The molecule has 1 aliphatic rings. The second-order valence-electron chi connectivity index (χ2n) is 4.69. The van der Waals surface area contributed by atoms with Crippen LogP contribution in [0.2, 0.25) is 0 Å². The van der Waals surface area contributed by atoms with Crippen molar-refractivity contribution in [1.29, 1.82) is 0 Å². The molecule has 0 aromatic carbocycles. The number of halogens is 1. The molecule has 1 aromatic rings. The van der Waals surface area contributed by atoms with Crippen LogP contribution in [0.5, 0.6) is 0 Å². The second kappa shape index (κ2) is 6.47. The van der Waals surface area contributed by atoms with Gasteiger partial charge in [0.25, 0.3) is 0 Å². The highest BCUT2D eigenvalue weighted by Crippen LogP contribution is 2.11. The molecule has 1 N–H and O–H groups in total. The number of hydrogen-bond donors (Lipinski definition) is 1. The van der Waals surface area contributed by atoms with E-state index >= 15 is 0 Å². The molecule has 3 nitrogen and oxygen atoms in total. The first-order chi connectivity index (χ1) is 8.25. The Morgan fingerprint density at radius 2 is 2.18 bits per heavy atom. The summed E-state index contributed by atoms with van der Waals surface area (Å²) in [7, 11) is 0. The first-order valence-corrected chi connectivity index (χ1v) is 7.10. The molecule has 1 aromatic heterocycles. The third-order valence-electron chi connectivity index (χ3n) is 3.30.